The fourth-order valence-electron chi connectivity index (χ4n) is 3.07. The van der Waals surface area contributed by atoms with Gasteiger partial charge >= 0.3 is 0 Å². The van der Waals surface area contributed by atoms with Crippen LogP contribution in [-0.4, -0.2) is 70.1 Å². The lowest BCUT2D eigenvalue weighted by molar-refractivity contribution is -0.123. The third-order valence-corrected chi connectivity index (χ3v) is 4.46. The molecule has 2 N–H and O–H groups in total. The molecule has 140 valence electrons. The molecule has 1 amide bonds. The molecular weight excluding hydrogens is 334 g/mol. The molecule has 0 spiro atoms. The Bertz CT molecular complexity index is 734. The zero-order chi connectivity index (χ0) is 18.6. The van der Waals surface area contributed by atoms with Gasteiger partial charge in [-0.1, -0.05) is 0 Å². The topological polar surface area (TPSA) is 99.4 Å². The van der Waals surface area contributed by atoms with Crippen molar-refractivity contribution in [1.82, 2.24) is 25.1 Å². The Morgan fingerprint density at radius 3 is 3.00 bits per heavy atom. The van der Waals surface area contributed by atoms with Crippen LogP contribution in [0.1, 0.15) is 12.8 Å². The number of nitrogens with zero attached hydrogens (tertiary/aromatic N) is 6. The van der Waals surface area contributed by atoms with Gasteiger partial charge in [0.1, 0.15) is 24.5 Å². The molecular formula is C17H25N7O2. The number of hydrogen-bond donors (Lipinski definition) is 2. The van der Waals surface area contributed by atoms with Crippen LogP contribution in [0.2, 0.25) is 0 Å². The van der Waals surface area contributed by atoms with Gasteiger partial charge in [-0.25, -0.2) is 9.97 Å². The SMILES string of the molecule is CN(C)c1cc(N2CCC[C@](O)(CNC(=O)Cn3cccn3)C2)ncn1. The standard InChI is InChI=1S/C17H25N7O2/c1-22(2)14-9-15(20-13-19-14)23-7-3-5-17(26,12-23)11-18-16(25)10-24-8-4-6-21-24/h4,6,8-9,13,26H,3,5,7,10-12H2,1-2H3,(H,18,25)/t17-/m0/s1. The number of anilines is 2. The van der Waals surface area contributed by atoms with Crippen molar-refractivity contribution in [1.29, 1.82) is 0 Å². The van der Waals surface area contributed by atoms with E-state index in [1.54, 1.807) is 23.1 Å². The number of hydrogen-bond acceptors (Lipinski definition) is 7. The lowest BCUT2D eigenvalue weighted by Gasteiger charge is -2.40. The molecule has 0 unspecified atom stereocenters. The zero-order valence-corrected chi connectivity index (χ0v) is 15.2. The molecule has 1 fully saturated rings. The van der Waals surface area contributed by atoms with Crippen molar-refractivity contribution >= 4 is 17.5 Å². The van der Waals surface area contributed by atoms with Crippen LogP contribution >= 0.6 is 0 Å². The van der Waals surface area contributed by atoms with Gasteiger partial charge in [-0.15, -0.1) is 0 Å². The third-order valence-electron chi connectivity index (χ3n) is 4.46. The van der Waals surface area contributed by atoms with E-state index in [2.05, 4.69) is 20.4 Å². The van der Waals surface area contributed by atoms with Crippen molar-refractivity contribution in [3.8, 4) is 0 Å². The Balaban J connectivity index is 1.59. The summed E-state index contributed by atoms with van der Waals surface area (Å²) in [5.41, 5.74) is -0.985. The monoisotopic (exact) mass is 359 g/mol. The predicted molar refractivity (Wildman–Crippen MR) is 98.0 cm³/mol. The maximum Gasteiger partial charge on any atom is 0.241 e. The molecule has 3 heterocycles. The van der Waals surface area contributed by atoms with Gasteiger partial charge in [-0.3, -0.25) is 9.48 Å². The van der Waals surface area contributed by atoms with Crippen LogP contribution in [0.5, 0.6) is 0 Å². The number of β-amino-alcohol motifs (C(OH)–C–C–N with tert-alkyl or cyclic N) is 1. The maximum absolute atomic E-state index is 12.0. The number of piperidine rings is 1. The molecule has 9 heteroatoms. The average molecular weight is 359 g/mol. The van der Waals surface area contributed by atoms with Crippen LogP contribution in [0.3, 0.4) is 0 Å². The largest absolute Gasteiger partial charge is 0.386 e. The van der Waals surface area contributed by atoms with E-state index < -0.39 is 5.60 Å². The van der Waals surface area contributed by atoms with Gasteiger partial charge in [0.2, 0.25) is 5.91 Å². The van der Waals surface area contributed by atoms with Gasteiger partial charge in [-0.2, -0.15) is 5.10 Å². The van der Waals surface area contributed by atoms with E-state index >= 15 is 0 Å². The first-order valence-electron chi connectivity index (χ1n) is 8.66. The minimum Gasteiger partial charge on any atom is -0.386 e. The van der Waals surface area contributed by atoms with Crippen molar-refractivity contribution in [2.24, 2.45) is 0 Å². The molecule has 1 atom stereocenters. The lowest BCUT2D eigenvalue weighted by atomic mass is 9.92. The first-order chi connectivity index (χ1) is 12.5. The molecule has 1 aliphatic heterocycles. The minimum atomic E-state index is -0.985. The normalized spacial score (nSPS) is 20.0. The number of aromatic nitrogens is 4. The molecule has 1 aliphatic rings. The summed E-state index contributed by atoms with van der Waals surface area (Å²) in [6, 6.07) is 3.67. The molecule has 3 rings (SSSR count). The molecule has 0 saturated carbocycles. The zero-order valence-electron chi connectivity index (χ0n) is 15.2. The predicted octanol–water partition coefficient (Wildman–Crippen LogP) is -0.113. The fourth-order valence-corrected chi connectivity index (χ4v) is 3.07. The Morgan fingerprint density at radius 2 is 2.27 bits per heavy atom. The van der Waals surface area contributed by atoms with Gasteiger partial charge in [0.05, 0.1) is 5.60 Å². The van der Waals surface area contributed by atoms with Gasteiger partial charge in [0.25, 0.3) is 0 Å². The molecule has 0 bridgehead atoms. The quantitative estimate of drug-likeness (QED) is 0.742. The highest BCUT2D eigenvalue weighted by molar-refractivity contribution is 5.75. The van der Waals surface area contributed by atoms with Gasteiger partial charge in [0, 0.05) is 52.2 Å². The van der Waals surface area contributed by atoms with Crippen LogP contribution < -0.4 is 15.1 Å². The van der Waals surface area contributed by atoms with Crippen LogP contribution in [0.4, 0.5) is 11.6 Å². The van der Waals surface area contributed by atoms with Crippen molar-refractivity contribution < 1.29 is 9.90 Å². The number of amides is 1. The second kappa shape index (κ2) is 7.69. The fraction of sp³-hybridized carbons (Fsp3) is 0.529. The summed E-state index contributed by atoms with van der Waals surface area (Å²) in [5, 5.41) is 17.7. The highest BCUT2D eigenvalue weighted by Gasteiger charge is 2.34. The van der Waals surface area contributed by atoms with Crippen molar-refractivity contribution in [2.75, 3.05) is 43.5 Å². The average Bonchev–Trinajstić information content (AvgIpc) is 3.13. The van der Waals surface area contributed by atoms with Crippen LogP contribution in [0.25, 0.3) is 0 Å². The molecule has 0 aromatic carbocycles. The van der Waals surface area contributed by atoms with Crippen molar-refractivity contribution in [2.45, 2.75) is 25.0 Å². The van der Waals surface area contributed by atoms with E-state index in [1.807, 2.05) is 30.0 Å². The Hall–Kier alpha value is -2.68. The molecule has 26 heavy (non-hydrogen) atoms. The van der Waals surface area contributed by atoms with Gasteiger partial charge in [-0.05, 0) is 18.9 Å². The number of nitrogens with one attached hydrogen (secondary N) is 1. The van der Waals surface area contributed by atoms with Gasteiger partial charge in [0.15, 0.2) is 0 Å². The third kappa shape index (κ3) is 4.48. The maximum atomic E-state index is 12.0. The highest BCUT2D eigenvalue weighted by Crippen LogP contribution is 2.25. The summed E-state index contributed by atoms with van der Waals surface area (Å²) in [7, 11) is 3.85. The first-order valence-corrected chi connectivity index (χ1v) is 8.66. The number of carbonyl (C=O) groups excluding carboxylic acids is 1. The van der Waals surface area contributed by atoms with Crippen molar-refractivity contribution in [3.63, 3.8) is 0 Å². The summed E-state index contributed by atoms with van der Waals surface area (Å²) >= 11 is 0. The summed E-state index contributed by atoms with van der Waals surface area (Å²) in [6.07, 6.45) is 6.35. The smallest absolute Gasteiger partial charge is 0.241 e. The lowest BCUT2D eigenvalue weighted by Crippen LogP contribution is -2.54. The molecule has 0 aliphatic carbocycles. The summed E-state index contributed by atoms with van der Waals surface area (Å²) < 4.78 is 1.55. The van der Waals surface area contributed by atoms with E-state index in [9.17, 15) is 9.90 Å². The Labute approximate surface area is 152 Å². The van der Waals surface area contributed by atoms with E-state index in [-0.39, 0.29) is 19.0 Å². The number of rotatable bonds is 6. The minimum absolute atomic E-state index is 0.144. The Morgan fingerprint density at radius 1 is 1.42 bits per heavy atom. The van der Waals surface area contributed by atoms with E-state index in [0.717, 1.165) is 24.6 Å². The summed E-state index contributed by atoms with van der Waals surface area (Å²) in [6.45, 7) is 1.58. The molecule has 9 nitrogen and oxygen atoms in total. The molecule has 0 radical (unpaired) electrons. The van der Waals surface area contributed by atoms with Crippen LogP contribution in [0, 0.1) is 0 Å². The number of aliphatic hydroxyl groups is 1. The first kappa shape index (κ1) is 18.1. The highest BCUT2D eigenvalue weighted by atomic mass is 16.3. The van der Waals surface area contributed by atoms with Crippen LogP contribution in [-0.2, 0) is 11.3 Å². The Kier molecular flexibility index (Phi) is 5.36. The molecule has 2 aromatic rings. The van der Waals surface area contributed by atoms with E-state index in [4.69, 9.17) is 0 Å². The summed E-state index contributed by atoms with van der Waals surface area (Å²) in [4.78, 5) is 24.6. The van der Waals surface area contributed by atoms with Crippen LogP contribution in [0.15, 0.2) is 30.9 Å². The second-order valence-electron chi connectivity index (χ2n) is 6.86. The van der Waals surface area contributed by atoms with E-state index in [1.165, 1.54) is 6.33 Å². The second-order valence-corrected chi connectivity index (χ2v) is 6.86. The van der Waals surface area contributed by atoms with E-state index in [0.29, 0.717) is 13.0 Å². The molecule has 2 aromatic heterocycles. The summed E-state index contributed by atoms with van der Waals surface area (Å²) in [5.74, 6) is 1.43. The van der Waals surface area contributed by atoms with Gasteiger partial charge < -0.3 is 20.2 Å². The van der Waals surface area contributed by atoms with Crippen molar-refractivity contribution in [3.05, 3.63) is 30.9 Å². The molecule has 1 saturated heterocycles. The number of carbonyl (C=O) groups is 1.